The summed E-state index contributed by atoms with van der Waals surface area (Å²) < 4.78 is 68.2. The lowest BCUT2D eigenvalue weighted by Crippen LogP contribution is -2.57. The minimum absolute atomic E-state index is 0.0206. The molecule has 1 unspecified atom stereocenters. The van der Waals surface area contributed by atoms with Crippen LogP contribution in [0.1, 0.15) is 48.3 Å². The monoisotopic (exact) mass is 625 g/mol. The molecular formula is C30H32ClF4N3O5. The lowest BCUT2D eigenvalue weighted by molar-refractivity contribution is -0.265. The Morgan fingerprint density at radius 1 is 1.12 bits per heavy atom. The standard InChI is InChI=1S/C28H26ClF4N3O5.C2H6/c1-40-23-9-16(3-7-22(23)41-18-4-5-18)25(37)35-14-27(39,28(31,32)33)24-11-17(26(38)12-34-13-26)10-21(36-24)15-2-6-20(30)19(29)8-15;1-2/h2-3,6-11,18,34,38-39H,4-5,12-14H2,1H3,(H,35,37);1-2H3. The van der Waals surface area contributed by atoms with Gasteiger partial charge in [0.15, 0.2) is 11.5 Å². The van der Waals surface area contributed by atoms with E-state index >= 15 is 0 Å². The molecule has 2 fully saturated rings. The SMILES string of the molecule is CC.COc1cc(C(=O)NCC(O)(c2cc(C3(O)CNC3)cc(-c3ccc(F)c(Cl)c3)n2)C(F)(F)F)ccc1OC1CC1. The zero-order valence-corrected chi connectivity index (χ0v) is 24.4. The molecule has 1 amide bonds. The quantitative estimate of drug-likeness (QED) is 0.245. The second-order valence-corrected chi connectivity index (χ2v) is 10.5. The van der Waals surface area contributed by atoms with Gasteiger partial charge in [-0.2, -0.15) is 13.2 Å². The summed E-state index contributed by atoms with van der Waals surface area (Å²) in [5, 5.41) is 26.7. The summed E-state index contributed by atoms with van der Waals surface area (Å²) in [7, 11) is 1.37. The Balaban J connectivity index is 0.00000207. The predicted octanol–water partition coefficient (Wildman–Crippen LogP) is 5.09. The van der Waals surface area contributed by atoms with Crippen molar-refractivity contribution in [2.75, 3.05) is 26.7 Å². The van der Waals surface area contributed by atoms with E-state index in [1.54, 1.807) is 0 Å². The number of pyridine rings is 1. The largest absolute Gasteiger partial charge is 0.493 e. The number of aromatic nitrogens is 1. The maximum atomic E-state index is 14.5. The summed E-state index contributed by atoms with van der Waals surface area (Å²) in [5.41, 5.74) is -5.98. The zero-order chi connectivity index (χ0) is 31.6. The maximum Gasteiger partial charge on any atom is 0.424 e. The van der Waals surface area contributed by atoms with Gasteiger partial charge in [-0.05, 0) is 66.9 Å². The Morgan fingerprint density at radius 2 is 1.81 bits per heavy atom. The van der Waals surface area contributed by atoms with Crippen LogP contribution in [0, 0.1) is 5.82 Å². The number of amides is 1. The average molecular weight is 626 g/mol. The number of nitrogens with zero attached hydrogens (tertiary/aromatic N) is 1. The van der Waals surface area contributed by atoms with Gasteiger partial charge in [0, 0.05) is 24.2 Å². The molecule has 2 heterocycles. The molecule has 1 aliphatic carbocycles. The lowest BCUT2D eigenvalue weighted by Gasteiger charge is -2.39. The van der Waals surface area contributed by atoms with Gasteiger partial charge in [-0.1, -0.05) is 25.4 Å². The number of hydrogen-bond donors (Lipinski definition) is 4. The van der Waals surface area contributed by atoms with Crippen LogP contribution in [0.15, 0.2) is 48.5 Å². The van der Waals surface area contributed by atoms with E-state index in [2.05, 4.69) is 15.6 Å². The van der Waals surface area contributed by atoms with E-state index in [-0.39, 0.29) is 52.3 Å². The second-order valence-electron chi connectivity index (χ2n) is 10.1. The molecule has 0 bridgehead atoms. The smallest absolute Gasteiger partial charge is 0.424 e. The van der Waals surface area contributed by atoms with Gasteiger partial charge in [-0.15, -0.1) is 0 Å². The number of halogens is 5. The first kappa shape index (κ1) is 32.5. The van der Waals surface area contributed by atoms with Crippen LogP contribution in [0.5, 0.6) is 11.5 Å². The third kappa shape index (κ3) is 6.87. The van der Waals surface area contributed by atoms with Gasteiger partial charge < -0.3 is 30.3 Å². The van der Waals surface area contributed by atoms with Crippen molar-refractivity contribution in [3.63, 3.8) is 0 Å². The highest BCUT2D eigenvalue weighted by Gasteiger charge is 2.57. The van der Waals surface area contributed by atoms with Crippen LogP contribution >= 0.6 is 11.6 Å². The van der Waals surface area contributed by atoms with E-state index in [1.807, 2.05) is 13.8 Å². The van der Waals surface area contributed by atoms with Crippen molar-refractivity contribution in [2.45, 2.75) is 50.2 Å². The van der Waals surface area contributed by atoms with Crippen molar-refractivity contribution >= 4 is 17.5 Å². The summed E-state index contributed by atoms with van der Waals surface area (Å²) >= 11 is 5.88. The molecule has 1 saturated heterocycles. The minimum atomic E-state index is -5.30. The van der Waals surface area contributed by atoms with Crippen LogP contribution in [-0.4, -0.2) is 60.1 Å². The first-order valence-electron chi connectivity index (χ1n) is 13.7. The van der Waals surface area contributed by atoms with E-state index in [9.17, 15) is 32.6 Å². The Morgan fingerprint density at radius 3 is 2.37 bits per heavy atom. The molecule has 0 spiro atoms. The number of β-amino-alcohol motifs (C(OH)–C–C–N with tert-alkyl or cyclic N) is 1. The molecule has 13 heteroatoms. The van der Waals surface area contributed by atoms with Crippen LogP contribution in [-0.2, 0) is 11.2 Å². The first-order chi connectivity index (χ1) is 20.3. The van der Waals surface area contributed by atoms with Crippen LogP contribution in [0.4, 0.5) is 17.6 Å². The molecule has 4 N–H and O–H groups in total. The van der Waals surface area contributed by atoms with Gasteiger partial charge in [0.25, 0.3) is 5.91 Å². The highest BCUT2D eigenvalue weighted by atomic mass is 35.5. The van der Waals surface area contributed by atoms with Crippen molar-refractivity contribution in [3.8, 4) is 22.8 Å². The fourth-order valence-electron chi connectivity index (χ4n) is 4.30. The number of methoxy groups -OCH3 is 1. The number of nitrogens with one attached hydrogen (secondary N) is 2. The van der Waals surface area contributed by atoms with Crippen LogP contribution in [0.3, 0.4) is 0 Å². The molecule has 43 heavy (non-hydrogen) atoms. The first-order valence-corrected chi connectivity index (χ1v) is 14.0. The summed E-state index contributed by atoms with van der Waals surface area (Å²) in [5.74, 6) is -1.02. The molecule has 1 aliphatic heterocycles. The Hall–Kier alpha value is -3.45. The van der Waals surface area contributed by atoms with Crippen molar-refractivity contribution in [3.05, 3.63) is 76.2 Å². The summed E-state index contributed by atoms with van der Waals surface area (Å²) in [6.07, 6.45) is -3.47. The van der Waals surface area contributed by atoms with E-state index in [0.717, 1.165) is 25.0 Å². The summed E-state index contributed by atoms with van der Waals surface area (Å²) in [6.45, 7) is 2.79. The third-order valence-electron chi connectivity index (χ3n) is 7.05. The molecule has 1 saturated carbocycles. The number of aliphatic hydroxyl groups is 2. The molecule has 0 radical (unpaired) electrons. The number of carbonyl (C=O) groups excluding carboxylic acids is 1. The lowest BCUT2D eigenvalue weighted by atomic mass is 9.85. The number of ether oxygens (including phenoxy) is 2. The average Bonchev–Trinajstić information content (AvgIpc) is 3.80. The van der Waals surface area contributed by atoms with Crippen LogP contribution in [0.25, 0.3) is 11.3 Å². The highest BCUT2D eigenvalue weighted by Crippen LogP contribution is 2.41. The van der Waals surface area contributed by atoms with Gasteiger partial charge in [0.05, 0.1) is 36.2 Å². The van der Waals surface area contributed by atoms with E-state index < -0.39 is 41.3 Å². The Kier molecular flexibility index (Phi) is 9.55. The van der Waals surface area contributed by atoms with E-state index in [4.69, 9.17) is 21.1 Å². The van der Waals surface area contributed by atoms with Crippen molar-refractivity contribution in [1.82, 2.24) is 15.6 Å². The Bertz CT molecular complexity index is 1480. The molecule has 5 rings (SSSR count). The fourth-order valence-corrected chi connectivity index (χ4v) is 4.48. The van der Waals surface area contributed by atoms with Crippen molar-refractivity contribution in [2.24, 2.45) is 0 Å². The number of alkyl halides is 3. The topological polar surface area (TPSA) is 113 Å². The molecule has 8 nitrogen and oxygen atoms in total. The van der Waals surface area contributed by atoms with Crippen LogP contribution in [0.2, 0.25) is 5.02 Å². The van der Waals surface area contributed by atoms with Gasteiger partial charge in [-0.3, -0.25) is 4.79 Å². The van der Waals surface area contributed by atoms with Crippen molar-refractivity contribution in [1.29, 1.82) is 0 Å². The van der Waals surface area contributed by atoms with Gasteiger partial charge in [-0.25, -0.2) is 9.37 Å². The number of carbonyl (C=O) groups is 1. The van der Waals surface area contributed by atoms with Crippen molar-refractivity contribution < 1.29 is 42.0 Å². The van der Waals surface area contributed by atoms with E-state index in [0.29, 0.717) is 5.75 Å². The zero-order valence-electron chi connectivity index (χ0n) is 23.7. The normalized spacial score (nSPS) is 17.1. The molecule has 3 aromatic rings. The highest BCUT2D eigenvalue weighted by molar-refractivity contribution is 6.31. The predicted molar refractivity (Wildman–Crippen MR) is 152 cm³/mol. The minimum Gasteiger partial charge on any atom is -0.493 e. The molecule has 1 atom stereocenters. The number of hydrogen-bond acceptors (Lipinski definition) is 7. The van der Waals surface area contributed by atoms with Gasteiger partial charge >= 0.3 is 6.18 Å². The molecule has 232 valence electrons. The third-order valence-corrected chi connectivity index (χ3v) is 7.34. The van der Waals surface area contributed by atoms with Gasteiger partial charge in [0.2, 0.25) is 5.60 Å². The fraction of sp³-hybridized carbons (Fsp3) is 0.400. The molecule has 2 aromatic carbocycles. The molecule has 1 aromatic heterocycles. The molecule has 2 aliphatic rings. The number of rotatable bonds is 9. The summed E-state index contributed by atoms with van der Waals surface area (Å²) in [4.78, 5) is 16.9. The van der Waals surface area contributed by atoms with Gasteiger partial charge in [0.1, 0.15) is 11.4 Å². The van der Waals surface area contributed by atoms with E-state index in [1.165, 1.54) is 43.5 Å². The molecular weight excluding hydrogens is 594 g/mol. The maximum absolute atomic E-state index is 14.5. The summed E-state index contributed by atoms with van der Waals surface area (Å²) in [6, 6.07) is 9.94. The second kappa shape index (κ2) is 12.7. The number of benzene rings is 2. The Labute approximate surface area is 251 Å². The van der Waals surface area contributed by atoms with Crippen LogP contribution < -0.4 is 20.1 Å².